The van der Waals surface area contributed by atoms with Crippen LogP contribution in [-0.2, 0) is 17.6 Å². The molecule has 0 unspecified atom stereocenters. The lowest BCUT2D eigenvalue weighted by molar-refractivity contribution is -0.124. The average Bonchev–Trinajstić information content (AvgIpc) is 3.11. The lowest BCUT2D eigenvalue weighted by Gasteiger charge is -2.22. The zero-order valence-electron chi connectivity index (χ0n) is 18.1. The number of carbonyl (C=O) groups excluding carboxylic acids is 3. The first kappa shape index (κ1) is 23.8. The molecule has 0 saturated carbocycles. The first-order valence-electron chi connectivity index (χ1n) is 10.7. The number of carbonyl (C=O) groups is 3. The first-order valence-corrected chi connectivity index (χ1v) is 11.6. The van der Waals surface area contributed by atoms with E-state index in [0.717, 1.165) is 43.9 Å². The Morgan fingerprint density at radius 3 is 2.25 bits per heavy atom. The molecule has 0 bridgehead atoms. The number of aryl methyl sites for hydroxylation is 2. The van der Waals surface area contributed by atoms with E-state index in [0.29, 0.717) is 4.88 Å². The molecule has 0 spiro atoms. The van der Waals surface area contributed by atoms with Crippen molar-refractivity contribution < 1.29 is 23.2 Å². The maximum absolute atomic E-state index is 13.9. The summed E-state index contributed by atoms with van der Waals surface area (Å²) in [6.07, 6.45) is 6.47. The monoisotopic (exact) mass is 463 g/mol. The van der Waals surface area contributed by atoms with Crippen molar-refractivity contribution in [2.75, 3.05) is 0 Å². The third-order valence-electron chi connectivity index (χ3n) is 5.45. The predicted molar refractivity (Wildman–Crippen MR) is 118 cm³/mol. The van der Waals surface area contributed by atoms with Crippen LogP contribution in [0.1, 0.15) is 70.0 Å². The maximum Gasteiger partial charge on any atom is 0.279 e. The summed E-state index contributed by atoms with van der Waals surface area (Å²) in [6, 6.07) is 3.84. The fourth-order valence-electron chi connectivity index (χ4n) is 3.68. The maximum atomic E-state index is 13.9. The van der Waals surface area contributed by atoms with Gasteiger partial charge in [0.2, 0.25) is 0 Å². The minimum absolute atomic E-state index is 0.396. The van der Waals surface area contributed by atoms with Crippen LogP contribution in [0.25, 0.3) is 0 Å². The Balaban J connectivity index is 1.63. The van der Waals surface area contributed by atoms with Gasteiger partial charge >= 0.3 is 0 Å². The lowest BCUT2D eigenvalue weighted by atomic mass is 10.00. The number of hydrazine groups is 1. The summed E-state index contributed by atoms with van der Waals surface area (Å²) in [4.78, 5) is 39.3. The second kappa shape index (κ2) is 10.7. The smallest absolute Gasteiger partial charge is 0.279 e. The molecule has 2 aromatic rings. The van der Waals surface area contributed by atoms with Gasteiger partial charge in [0.15, 0.2) is 0 Å². The minimum Gasteiger partial charge on any atom is -0.340 e. The van der Waals surface area contributed by atoms with E-state index >= 15 is 0 Å². The van der Waals surface area contributed by atoms with E-state index in [1.165, 1.54) is 34.6 Å². The van der Waals surface area contributed by atoms with E-state index in [4.69, 9.17) is 0 Å². The van der Waals surface area contributed by atoms with Crippen molar-refractivity contribution in [2.45, 2.75) is 58.4 Å². The van der Waals surface area contributed by atoms with E-state index < -0.39 is 46.9 Å². The molecule has 1 aliphatic carbocycles. The molecule has 9 heteroatoms. The molecule has 1 atom stereocenters. The molecule has 172 valence electrons. The highest BCUT2D eigenvalue weighted by Crippen LogP contribution is 2.28. The van der Waals surface area contributed by atoms with Crippen molar-refractivity contribution in [2.24, 2.45) is 5.92 Å². The number of rotatable bonds is 5. The largest absolute Gasteiger partial charge is 0.340 e. The highest BCUT2D eigenvalue weighted by atomic mass is 32.1. The Labute approximate surface area is 189 Å². The van der Waals surface area contributed by atoms with Crippen molar-refractivity contribution in [3.63, 3.8) is 0 Å². The van der Waals surface area contributed by atoms with E-state index in [2.05, 4.69) is 16.2 Å². The van der Waals surface area contributed by atoms with Gasteiger partial charge in [0.1, 0.15) is 23.2 Å². The Kier molecular flexibility index (Phi) is 7.95. The van der Waals surface area contributed by atoms with Gasteiger partial charge in [-0.05, 0) is 55.4 Å². The van der Waals surface area contributed by atoms with Gasteiger partial charge in [-0.1, -0.05) is 32.8 Å². The highest BCUT2D eigenvalue weighted by molar-refractivity contribution is 7.14. The Morgan fingerprint density at radius 1 is 0.938 bits per heavy atom. The number of benzene rings is 1. The SMILES string of the molecule is CC(C)[C@H](NC(=O)c1c(F)cccc1F)C(=O)NNC(=O)c1cc2c(s1)CCCCCC2. The quantitative estimate of drug-likeness (QED) is 0.588. The molecule has 1 aromatic carbocycles. The second-order valence-corrected chi connectivity index (χ2v) is 9.35. The Bertz CT molecular complexity index is 961. The third-order valence-corrected chi connectivity index (χ3v) is 6.68. The molecule has 0 radical (unpaired) electrons. The van der Waals surface area contributed by atoms with Crippen molar-refractivity contribution in [1.29, 1.82) is 0 Å². The molecule has 32 heavy (non-hydrogen) atoms. The van der Waals surface area contributed by atoms with Crippen LogP contribution in [0.4, 0.5) is 8.78 Å². The third kappa shape index (κ3) is 5.70. The van der Waals surface area contributed by atoms with Crippen molar-refractivity contribution in [3.8, 4) is 0 Å². The van der Waals surface area contributed by atoms with Crippen LogP contribution in [0.15, 0.2) is 24.3 Å². The van der Waals surface area contributed by atoms with Crippen LogP contribution in [-0.4, -0.2) is 23.8 Å². The number of nitrogens with one attached hydrogen (secondary N) is 3. The number of amides is 3. The van der Waals surface area contributed by atoms with Crippen LogP contribution < -0.4 is 16.2 Å². The summed E-state index contributed by atoms with van der Waals surface area (Å²) in [5.41, 5.74) is 5.13. The van der Waals surface area contributed by atoms with Crippen LogP contribution in [0.3, 0.4) is 0 Å². The fourth-order valence-corrected chi connectivity index (χ4v) is 4.83. The Morgan fingerprint density at radius 2 is 1.59 bits per heavy atom. The first-order chi connectivity index (χ1) is 15.3. The number of hydrogen-bond donors (Lipinski definition) is 3. The number of hydrogen-bond acceptors (Lipinski definition) is 4. The highest BCUT2D eigenvalue weighted by Gasteiger charge is 2.28. The molecule has 3 N–H and O–H groups in total. The van der Waals surface area contributed by atoms with Crippen LogP contribution in [0.2, 0.25) is 0 Å². The summed E-state index contributed by atoms with van der Waals surface area (Å²) in [7, 11) is 0. The van der Waals surface area contributed by atoms with E-state index in [1.807, 2.05) is 6.07 Å². The van der Waals surface area contributed by atoms with Gasteiger partial charge in [-0.25, -0.2) is 8.78 Å². The van der Waals surface area contributed by atoms with Crippen LogP contribution in [0.5, 0.6) is 0 Å². The second-order valence-electron chi connectivity index (χ2n) is 8.21. The van der Waals surface area contributed by atoms with Crippen molar-refractivity contribution in [3.05, 3.63) is 56.8 Å². The summed E-state index contributed by atoms with van der Waals surface area (Å²) < 4.78 is 27.8. The van der Waals surface area contributed by atoms with Gasteiger partial charge < -0.3 is 5.32 Å². The van der Waals surface area contributed by atoms with Crippen LogP contribution >= 0.6 is 11.3 Å². The molecule has 1 aliphatic rings. The predicted octanol–water partition coefficient (Wildman–Crippen LogP) is 3.90. The van der Waals surface area contributed by atoms with Gasteiger partial charge in [-0.15, -0.1) is 11.3 Å². The molecular weight excluding hydrogens is 436 g/mol. The molecule has 3 rings (SSSR count). The van der Waals surface area contributed by atoms with Crippen molar-refractivity contribution in [1.82, 2.24) is 16.2 Å². The molecule has 0 aliphatic heterocycles. The van der Waals surface area contributed by atoms with Crippen molar-refractivity contribution >= 4 is 29.1 Å². The van der Waals surface area contributed by atoms with E-state index in [-0.39, 0.29) is 0 Å². The minimum atomic E-state index is -1.11. The normalized spacial score (nSPS) is 14.7. The van der Waals surface area contributed by atoms with Gasteiger partial charge in [0, 0.05) is 4.88 Å². The van der Waals surface area contributed by atoms with Crippen LogP contribution in [0, 0.1) is 17.6 Å². The molecular formula is C23H27F2N3O3S. The summed E-state index contributed by atoms with van der Waals surface area (Å²) >= 11 is 1.43. The lowest BCUT2D eigenvalue weighted by Crippen LogP contribution is -2.54. The molecule has 0 fully saturated rings. The van der Waals surface area contributed by atoms with E-state index in [9.17, 15) is 23.2 Å². The fraction of sp³-hybridized carbons (Fsp3) is 0.435. The summed E-state index contributed by atoms with van der Waals surface area (Å²) in [6.45, 7) is 3.34. The van der Waals surface area contributed by atoms with Gasteiger partial charge in [0.05, 0.1) is 4.88 Å². The number of thiophene rings is 1. The van der Waals surface area contributed by atoms with E-state index in [1.54, 1.807) is 13.8 Å². The molecule has 6 nitrogen and oxygen atoms in total. The van der Waals surface area contributed by atoms with Gasteiger partial charge in [0.25, 0.3) is 17.7 Å². The standard InChI is InChI=1S/C23H27F2N3O3S/c1-13(2)20(26-22(30)19-15(24)9-7-10-16(19)25)23(31)28-27-21(29)18-12-14-8-5-3-4-6-11-17(14)32-18/h7,9-10,12-13,20H,3-6,8,11H2,1-2H3,(H,26,30)(H,27,29)(H,28,31)/t20-/m0/s1. The zero-order chi connectivity index (χ0) is 23.3. The number of halogens is 2. The summed E-state index contributed by atoms with van der Waals surface area (Å²) in [5, 5.41) is 2.35. The molecule has 1 aromatic heterocycles. The Hall–Kier alpha value is -2.81. The molecule has 0 saturated heterocycles. The topological polar surface area (TPSA) is 87.3 Å². The van der Waals surface area contributed by atoms with Gasteiger partial charge in [-0.3, -0.25) is 25.2 Å². The van der Waals surface area contributed by atoms with Gasteiger partial charge in [-0.2, -0.15) is 0 Å². The number of fused-ring (bicyclic) bond motifs is 1. The zero-order valence-corrected chi connectivity index (χ0v) is 18.9. The molecule has 1 heterocycles. The molecule has 3 amide bonds. The summed E-state index contributed by atoms with van der Waals surface area (Å²) in [5.74, 6) is -4.61. The average molecular weight is 464 g/mol.